The Labute approximate surface area is 222 Å². The third kappa shape index (κ3) is 6.48. The number of carbonyl (C=O) groups excluding carboxylic acids is 2. The Balaban J connectivity index is 1.58. The summed E-state index contributed by atoms with van der Waals surface area (Å²) in [5, 5.41) is 0. The first-order valence-electron chi connectivity index (χ1n) is 12.6. The summed E-state index contributed by atoms with van der Waals surface area (Å²) < 4.78 is 80.3. The normalized spacial score (nSPS) is 21.1. The third-order valence-electron chi connectivity index (χ3n) is 7.36. The minimum Gasteiger partial charge on any atom is -0.338 e. The van der Waals surface area contributed by atoms with E-state index >= 15 is 0 Å². The Hall–Kier alpha value is -3.28. The second-order valence-corrected chi connectivity index (χ2v) is 10.1. The molecule has 2 fully saturated rings. The molecular weight excluding hydrogens is 526 g/mol. The summed E-state index contributed by atoms with van der Waals surface area (Å²) >= 11 is 0. The van der Waals surface area contributed by atoms with Crippen LogP contribution < -0.4 is 0 Å². The maximum atomic E-state index is 13.4. The van der Waals surface area contributed by atoms with Gasteiger partial charge in [-0.1, -0.05) is 30.3 Å². The van der Waals surface area contributed by atoms with Gasteiger partial charge in [0.05, 0.1) is 11.1 Å². The van der Waals surface area contributed by atoms with E-state index in [0.29, 0.717) is 44.7 Å². The molecule has 0 spiro atoms. The molecule has 0 radical (unpaired) electrons. The Morgan fingerprint density at radius 1 is 0.795 bits per heavy atom. The highest BCUT2D eigenvalue weighted by Gasteiger charge is 2.40. The number of piperazine rings is 1. The number of urea groups is 1. The van der Waals surface area contributed by atoms with E-state index in [9.17, 15) is 35.9 Å². The van der Waals surface area contributed by atoms with Crippen LogP contribution in [-0.2, 0) is 12.4 Å². The van der Waals surface area contributed by atoms with Gasteiger partial charge in [-0.2, -0.15) is 26.3 Å². The molecule has 2 saturated heterocycles. The van der Waals surface area contributed by atoms with Gasteiger partial charge in [-0.25, -0.2) is 4.79 Å². The lowest BCUT2D eigenvalue weighted by atomic mass is 9.84. The third-order valence-corrected chi connectivity index (χ3v) is 7.36. The van der Waals surface area contributed by atoms with Crippen LogP contribution in [0.4, 0.5) is 31.1 Å². The van der Waals surface area contributed by atoms with E-state index in [1.165, 1.54) is 9.80 Å². The van der Waals surface area contributed by atoms with Gasteiger partial charge in [-0.05, 0) is 30.2 Å². The second kappa shape index (κ2) is 11.1. The number of carbonyl (C=O) groups is 2. The molecule has 0 saturated carbocycles. The molecule has 2 atom stereocenters. The van der Waals surface area contributed by atoms with Gasteiger partial charge in [0.15, 0.2) is 0 Å². The van der Waals surface area contributed by atoms with Gasteiger partial charge < -0.3 is 14.7 Å². The largest absolute Gasteiger partial charge is 0.416 e. The molecular formula is C27H30F6N4O2. The molecule has 2 aromatic carbocycles. The van der Waals surface area contributed by atoms with Gasteiger partial charge in [-0.15, -0.1) is 0 Å². The van der Waals surface area contributed by atoms with Crippen LogP contribution in [0.15, 0.2) is 48.5 Å². The summed E-state index contributed by atoms with van der Waals surface area (Å²) in [5.41, 5.74) is -2.74. The van der Waals surface area contributed by atoms with Crippen molar-refractivity contribution in [2.75, 3.05) is 53.4 Å². The van der Waals surface area contributed by atoms with E-state index in [4.69, 9.17) is 0 Å². The van der Waals surface area contributed by atoms with Crippen molar-refractivity contribution in [3.8, 4) is 0 Å². The number of halogens is 6. The van der Waals surface area contributed by atoms with Crippen LogP contribution in [-0.4, -0.2) is 90.9 Å². The van der Waals surface area contributed by atoms with Crippen LogP contribution >= 0.6 is 0 Å². The highest BCUT2D eigenvalue weighted by molar-refractivity contribution is 5.95. The predicted octanol–water partition coefficient (Wildman–Crippen LogP) is 5.02. The first-order valence-corrected chi connectivity index (χ1v) is 12.6. The summed E-state index contributed by atoms with van der Waals surface area (Å²) in [7, 11) is 3.38. The molecule has 2 aromatic rings. The molecule has 4 rings (SSSR count). The predicted molar refractivity (Wildman–Crippen MR) is 132 cm³/mol. The maximum Gasteiger partial charge on any atom is 0.416 e. The van der Waals surface area contributed by atoms with Crippen LogP contribution in [0.3, 0.4) is 0 Å². The van der Waals surface area contributed by atoms with E-state index in [1.54, 1.807) is 19.0 Å². The monoisotopic (exact) mass is 556 g/mol. The fourth-order valence-electron chi connectivity index (χ4n) is 5.38. The number of amides is 3. The lowest BCUT2D eigenvalue weighted by Crippen LogP contribution is -2.58. The van der Waals surface area contributed by atoms with Gasteiger partial charge in [0.2, 0.25) is 0 Å². The number of likely N-dealkylation sites (tertiary alicyclic amines) is 1. The lowest BCUT2D eigenvalue weighted by molar-refractivity contribution is -0.143. The van der Waals surface area contributed by atoms with E-state index in [2.05, 4.69) is 4.90 Å². The summed E-state index contributed by atoms with van der Waals surface area (Å²) in [6, 6.07) is 10.3. The van der Waals surface area contributed by atoms with Crippen molar-refractivity contribution >= 4 is 11.9 Å². The number of hydrogen-bond donors (Lipinski definition) is 0. The van der Waals surface area contributed by atoms with Crippen LogP contribution in [0.2, 0.25) is 0 Å². The van der Waals surface area contributed by atoms with Crippen molar-refractivity contribution in [2.45, 2.75) is 30.7 Å². The first-order chi connectivity index (χ1) is 18.3. The Morgan fingerprint density at radius 3 is 1.87 bits per heavy atom. The fourth-order valence-corrected chi connectivity index (χ4v) is 5.38. The van der Waals surface area contributed by atoms with Crippen molar-refractivity contribution < 1.29 is 35.9 Å². The van der Waals surface area contributed by atoms with Gasteiger partial charge in [0.1, 0.15) is 0 Å². The highest BCUT2D eigenvalue weighted by atomic mass is 19.4. The first kappa shape index (κ1) is 28.7. The average molecular weight is 557 g/mol. The Kier molecular flexibility index (Phi) is 8.15. The van der Waals surface area contributed by atoms with E-state index in [0.717, 1.165) is 5.56 Å². The molecule has 39 heavy (non-hydrogen) atoms. The maximum absolute atomic E-state index is 13.4. The standard InChI is InChI=1S/C27H30F6N4O2/c1-34(2)25(39)36-12-10-35(11-13-36)23-8-9-37(17-22(23)18-6-4-3-5-7-18)24(38)19-14-20(26(28,29)30)16-21(15-19)27(31,32)33/h3-7,14-16,22-23H,8-13,17H2,1-2H3. The Bertz CT molecular complexity index is 1140. The number of rotatable bonds is 3. The van der Waals surface area contributed by atoms with Gasteiger partial charge in [-0.3, -0.25) is 9.69 Å². The van der Waals surface area contributed by atoms with E-state index < -0.39 is 35.0 Å². The molecule has 0 aromatic heterocycles. The molecule has 2 aliphatic heterocycles. The molecule has 2 heterocycles. The van der Waals surface area contributed by atoms with Gasteiger partial charge in [0.25, 0.3) is 5.91 Å². The van der Waals surface area contributed by atoms with Crippen molar-refractivity contribution in [3.05, 3.63) is 70.8 Å². The lowest BCUT2D eigenvalue weighted by Gasteiger charge is -2.47. The van der Waals surface area contributed by atoms with E-state index in [-0.39, 0.29) is 37.1 Å². The SMILES string of the molecule is CN(C)C(=O)N1CCN(C2CCN(C(=O)c3cc(C(F)(F)F)cc(C(F)(F)F)c3)CC2c2ccccc2)CC1. The van der Waals surface area contributed by atoms with Crippen molar-refractivity contribution in [1.29, 1.82) is 0 Å². The summed E-state index contributed by atoms with van der Waals surface area (Å²) in [5.74, 6) is -1.08. The molecule has 0 aliphatic carbocycles. The van der Waals surface area contributed by atoms with E-state index in [1.807, 2.05) is 30.3 Å². The zero-order valence-corrected chi connectivity index (χ0v) is 21.6. The number of alkyl halides is 6. The minimum atomic E-state index is -5.04. The molecule has 2 unspecified atom stereocenters. The van der Waals surface area contributed by atoms with Crippen LogP contribution in [0.5, 0.6) is 0 Å². The number of hydrogen-bond acceptors (Lipinski definition) is 3. The summed E-state index contributed by atoms with van der Waals surface area (Å²) in [6.07, 6.45) is -9.59. The molecule has 3 amide bonds. The second-order valence-electron chi connectivity index (χ2n) is 10.1. The summed E-state index contributed by atoms with van der Waals surface area (Å²) in [4.78, 5) is 32.5. The smallest absolute Gasteiger partial charge is 0.338 e. The molecule has 0 N–H and O–H groups in total. The van der Waals surface area contributed by atoms with Crippen LogP contribution in [0, 0.1) is 0 Å². The quantitative estimate of drug-likeness (QED) is 0.499. The minimum absolute atomic E-state index is 0.0136. The van der Waals surface area contributed by atoms with Crippen LogP contribution in [0.25, 0.3) is 0 Å². The topological polar surface area (TPSA) is 47.1 Å². The number of nitrogens with zero attached hydrogens (tertiary/aromatic N) is 4. The molecule has 0 bridgehead atoms. The molecule has 12 heteroatoms. The van der Waals surface area contributed by atoms with Crippen molar-refractivity contribution in [2.24, 2.45) is 0 Å². The van der Waals surface area contributed by atoms with Crippen molar-refractivity contribution in [3.63, 3.8) is 0 Å². The van der Waals surface area contributed by atoms with Crippen LogP contribution in [0.1, 0.15) is 39.4 Å². The van der Waals surface area contributed by atoms with Gasteiger partial charge in [0, 0.05) is 70.9 Å². The Morgan fingerprint density at radius 2 is 1.36 bits per heavy atom. The fraction of sp³-hybridized carbons (Fsp3) is 0.481. The average Bonchev–Trinajstić information content (AvgIpc) is 2.91. The van der Waals surface area contributed by atoms with Gasteiger partial charge >= 0.3 is 18.4 Å². The number of piperidine rings is 1. The zero-order valence-electron chi connectivity index (χ0n) is 21.6. The molecule has 2 aliphatic rings. The summed E-state index contributed by atoms with van der Waals surface area (Å²) in [6.45, 7) is 2.61. The van der Waals surface area contributed by atoms with Crippen molar-refractivity contribution in [1.82, 2.24) is 19.6 Å². The number of benzene rings is 2. The molecule has 212 valence electrons. The molecule has 6 nitrogen and oxygen atoms in total. The zero-order chi connectivity index (χ0) is 28.5. The highest BCUT2D eigenvalue weighted by Crippen LogP contribution is 2.38.